The van der Waals surface area contributed by atoms with Gasteiger partial charge < -0.3 is 10.6 Å². The second-order valence-electron chi connectivity index (χ2n) is 8.39. The fourth-order valence-electron chi connectivity index (χ4n) is 3.50. The third-order valence-electron chi connectivity index (χ3n) is 5.37. The predicted octanol–water partition coefficient (Wildman–Crippen LogP) is 3.17. The summed E-state index contributed by atoms with van der Waals surface area (Å²) in [5.41, 5.74) is 1.18. The van der Waals surface area contributed by atoms with E-state index in [0.717, 1.165) is 42.7 Å². The van der Waals surface area contributed by atoms with Crippen molar-refractivity contribution in [1.82, 2.24) is 20.6 Å². The number of pyridine rings is 1. The summed E-state index contributed by atoms with van der Waals surface area (Å²) in [6, 6.07) is 5.65. The number of carbonyl (C=O) groups excluding carboxylic acids is 2. The number of sulfone groups is 1. The molecule has 1 atom stereocenters. The smallest absolute Gasteiger partial charge is 0.352 e. The highest BCUT2D eigenvalue weighted by Gasteiger charge is 2.35. The van der Waals surface area contributed by atoms with Crippen molar-refractivity contribution in [1.29, 1.82) is 0 Å². The lowest BCUT2D eigenvalue weighted by Crippen LogP contribution is -2.41. The van der Waals surface area contributed by atoms with Crippen LogP contribution in [0.25, 0.3) is 21.3 Å². The lowest BCUT2D eigenvalue weighted by molar-refractivity contribution is -0.141. The topological polar surface area (TPSA) is 118 Å². The minimum atomic E-state index is -4.55. The maximum absolute atomic E-state index is 12.8. The number of aromatic nitrogens is 2. The molecule has 1 fully saturated rings. The van der Waals surface area contributed by atoms with Crippen molar-refractivity contribution in [2.45, 2.75) is 37.2 Å². The van der Waals surface area contributed by atoms with Gasteiger partial charge in [-0.2, -0.15) is 13.2 Å². The molecule has 0 spiro atoms. The molecule has 1 saturated carbocycles. The normalized spacial score (nSPS) is 15.1. The molecule has 2 amide bonds. The lowest BCUT2D eigenvalue weighted by Gasteiger charge is -2.12. The van der Waals surface area contributed by atoms with Crippen LogP contribution >= 0.6 is 11.3 Å². The summed E-state index contributed by atoms with van der Waals surface area (Å²) in [6.45, 7) is 1.39. The van der Waals surface area contributed by atoms with E-state index in [2.05, 4.69) is 20.6 Å². The van der Waals surface area contributed by atoms with Crippen molar-refractivity contribution >= 4 is 43.2 Å². The number of halogens is 3. The Morgan fingerprint density at radius 1 is 1.23 bits per heavy atom. The Balaban J connectivity index is 1.62. The van der Waals surface area contributed by atoms with Crippen molar-refractivity contribution in [2.24, 2.45) is 0 Å². The molecule has 2 N–H and O–H groups in total. The molecule has 3 aromatic rings. The fourth-order valence-corrected chi connectivity index (χ4v) is 6.03. The van der Waals surface area contributed by atoms with E-state index in [9.17, 15) is 31.2 Å². The molecule has 13 heteroatoms. The van der Waals surface area contributed by atoms with E-state index in [1.165, 1.54) is 6.07 Å². The first-order chi connectivity index (χ1) is 16.3. The van der Waals surface area contributed by atoms with E-state index < -0.39 is 38.8 Å². The molecule has 0 saturated heterocycles. The summed E-state index contributed by atoms with van der Waals surface area (Å²) in [4.78, 5) is 32.4. The van der Waals surface area contributed by atoms with Gasteiger partial charge in [-0.25, -0.2) is 13.4 Å². The molecule has 4 rings (SSSR count). The molecular formula is C22H21F3N4O4S2. The second kappa shape index (κ2) is 9.19. The molecule has 2 heterocycles. The minimum Gasteiger partial charge on any atom is -0.352 e. The molecular weight excluding hydrogens is 505 g/mol. The summed E-state index contributed by atoms with van der Waals surface area (Å²) in [5, 5.41) is 3.50. The number of thiazole rings is 1. The van der Waals surface area contributed by atoms with Gasteiger partial charge in [-0.1, -0.05) is 6.07 Å². The third kappa shape index (κ3) is 5.78. The minimum absolute atomic E-state index is 0.0321. The Hall–Kier alpha value is -3.06. The number of fused-ring (bicyclic) bond motifs is 1. The maximum atomic E-state index is 12.8. The van der Waals surface area contributed by atoms with Crippen molar-refractivity contribution in [3.63, 3.8) is 0 Å². The van der Waals surface area contributed by atoms with Gasteiger partial charge in [0.1, 0.15) is 10.7 Å². The standard InChI is InChI=1S/C22H21F3N4O4S2/c1-11-7-15-16(8-14(11)12-3-6-17(26-9-12)22(23,24)25)34-21(29-15)19(35(2,32)33)20(31)27-10-18(30)28-13-4-5-13/h3,6-9,13,19H,4-5,10H2,1-2H3,(H,27,31)(H,28,30). The highest BCUT2D eigenvalue weighted by atomic mass is 32.2. The van der Waals surface area contributed by atoms with Gasteiger partial charge in [0.15, 0.2) is 15.1 Å². The Labute approximate surface area is 202 Å². The predicted molar refractivity (Wildman–Crippen MR) is 124 cm³/mol. The summed E-state index contributed by atoms with van der Waals surface area (Å²) in [5.74, 6) is -1.26. The van der Waals surface area contributed by atoms with Gasteiger partial charge in [-0.15, -0.1) is 11.3 Å². The quantitative estimate of drug-likeness (QED) is 0.488. The van der Waals surface area contributed by atoms with Crippen LogP contribution in [-0.2, 0) is 25.6 Å². The van der Waals surface area contributed by atoms with Gasteiger partial charge >= 0.3 is 6.18 Å². The maximum Gasteiger partial charge on any atom is 0.433 e. The van der Waals surface area contributed by atoms with Gasteiger partial charge in [0, 0.05) is 24.1 Å². The van der Waals surface area contributed by atoms with Crippen LogP contribution < -0.4 is 10.6 Å². The highest BCUT2D eigenvalue weighted by molar-refractivity contribution is 7.91. The van der Waals surface area contributed by atoms with Crippen LogP contribution in [0.4, 0.5) is 13.2 Å². The number of hydrogen-bond donors (Lipinski definition) is 2. The average Bonchev–Trinajstić information content (AvgIpc) is 3.47. The van der Waals surface area contributed by atoms with Crippen LogP contribution in [0.3, 0.4) is 0 Å². The SMILES string of the molecule is Cc1cc2nc(C(C(=O)NCC(=O)NC3CC3)S(C)(=O)=O)sc2cc1-c1ccc(C(F)(F)F)nc1. The van der Waals surface area contributed by atoms with E-state index in [1.54, 1.807) is 19.1 Å². The fraction of sp³-hybridized carbons (Fsp3) is 0.364. The number of nitrogens with zero attached hydrogens (tertiary/aromatic N) is 2. The molecule has 2 aromatic heterocycles. The van der Waals surface area contributed by atoms with Crippen LogP contribution in [0.1, 0.15) is 34.4 Å². The van der Waals surface area contributed by atoms with Crippen molar-refractivity contribution in [3.8, 4) is 11.1 Å². The van der Waals surface area contributed by atoms with Crippen LogP contribution in [-0.4, -0.2) is 49.0 Å². The highest BCUT2D eigenvalue weighted by Crippen LogP contribution is 2.36. The van der Waals surface area contributed by atoms with E-state index in [0.29, 0.717) is 26.9 Å². The zero-order chi connectivity index (χ0) is 25.5. The first-order valence-electron chi connectivity index (χ1n) is 10.5. The van der Waals surface area contributed by atoms with Crippen molar-refractivity contribution in [2.75, 3.05) is 12.8 Å². The first kappa shape index (κ1) is 25.0. The number of alkyl halides is 3. The molecule has 35 heavy (non-hydrogen) atoms. The number of amides is 2. The summed E-state index contributed by atoms with van der Waals surface area (Å²) >= 11 is 0.988. The molecule has 1 aromatic carbocycles. The largest absolute Gasteiger partial charge is 0.433 e. The van der Waals surface area contributed by atoms with Gasteiger partial charge in [0.2, 0.25) is 11.8 Å². The van der Waals surface area contributed by atoms with Gasteiger partial charge in [0.25, 0.3) is 0 Å². The summed E-state index contributed by atoms with van der Waals surface area (Å²) in [7, 11) is -3.93. The summed E-state index contributed by atoms with van der Waals surface area (Å²) in [6.07, 6.45) is -0.761. The zero-order valence-corrected chi connectivity index (χ0v) is 20.3. The summed E-state index contributed by atoms with van der Waals surface area (Å²) < 4.78 is 64.0. The molecule has 186 valence electrons. The first-order valence-corrected chi connectivity index (χ1v) is 13.3. The van der Waals surface area contributed by atoms with Crippen molar-refractivity contribution in [3.05, 3.63) is 46.7 Å². The Kier molecular flexibility index (Phi) is 6.58. The molecule has 8 nitrogen and oxygen atoms in total. The molecule has 1 unspecified atom stereocenters. The molecule has 1 aliphatic carbocycles. The van der Waals surface area contributed by atoms with E-state index in [4.69, 9.17) is 0 Å². The Morgan fingerprint density at radius 2 is 1.94 bits per heavy atom. The van der Waals surface area contributed by atoms with Crippen LogP contribution in [0.15, 0.2) is 30.5 Å². The number of benzene rings is 1. The van der Waals surface area contributed by atoms with E-state index >= 15 is 0 Å². The molecule has 1 aliphatic rings. The van der Waals surface area contributed by atoms with E-state index in [1.807, 2.05) is 0 Å². The molecule has 0 aliphatic heterocycles. The lowest BCUT2D eigenvalue weighted by atomic mass is 10.0. The van der Waals surface area contributed by atoms with Crippen LogP contribution in [0, 0.1) is 6.92 Å². The Bertz CT molecular complexity index is 1400. The van der Waals surface area contributed by atoms with E-state index in [-0.39, 0.29) is 17.6 Å². The average molecular weight is 527 g/mol. The number of hydrogen-bond acceptors (Lipinski definition) is 7. The van der Waals surface area contributed by atoms with Crippen LogP contribution in [0.5, 0.6) is 0 Å². The zero-order valence-electron chi connectivity index (χ0n) is 18.6. The number of rotatable bonds is 7. The van der Waals surface area contributed by atoms with Crippen molar-refractivity contribution < 1.29 is 31.2 Å². The van der Waals surface area contributed by atoms with Gasteiger partial charge in [-0.3, -0.25) is 14.6 Å². The van der Waals surface area contributed by atoms with Gasteiger partial charge in [0.05, 0.1) is 16.8 Å². The third-order valence-corrected chi connectivity index (χ3v) is 7.90. The molecule has 0 bridgehead atoms. The van der Waals surface area contributed by atoms with Gasteiger partial charge in [-0.05, 0) is 49.1 Å². The monoisotopic (exact) mass is 526 g/mol. The Morgan fingerprint density at radius 3 is 2.51 bits per heavy atom. The second-order valence-corrected chi connectivity index (χ2v) is 11.6. The number of nitrogens with one attached hydrogen (secondary N) is 2. The number of carbonyl (C=O) groups is 2. The number of aryl methyl sites for hydroxylation is 1. The van der Waals surface area contributed by atoms with Crippen LogP contribution in [0.2, 0.25) is 0 Å². The molecule has 0 radical (unpaired) electrons.